The maximum atomic E-state index is 12.8. The summed E-state index contributed by atoms with van der Waals surface area (Å²) in [4.78, 5) is 19.3. The minimum Gasteiger partial charge on any atom is -0.292 e. The molecular formula is C23H23N3O3S2. The quantitative estimate of drug-likeness (QED) is 0.402. The number of rotatable bonds is 7. The normalized spacial score (nSPS) is 11.7. The van der Waals surface area contributed by atoms with Gasteiger partial charge in [0.05, 0.1) is 11.1 Å². The lowest BCUT2D eigenvalue weighted by atomic mass is 10.1. The van der Waals surface area contributed by atoms with Crippen molar-refractivity contribution < 1.29 is 13.2 Å². The average Bonchev–Trinajstić information content (AvgIpc) is 3.26. The number of thiazole rings is 1. The van der Waals surface area contributed by atoms with Crippen LogP contribution in [0, 0.1) is 20.8 Å². The van der Waals surface area contributed by atoms with Gasteiger partial charge in [-0.1, -0.05) is 29.8 Å². The molecule has 6 nitrogen and oxygen atoms in total. The molecule has 0 amide bonds. The van der Waals surface area contributed by atoms with Gasteiger partial charge in [-0.15, -0.1) is 11.3 Å². The lowest BCUT2D eigenvalue weighted by Gasteiger charge is -2.10. The van der Waals surface area contributed by atoms with Gasteiger partial charge in [0, 0.05) is 22.7 Å². The average molecular weight is 454 g/mol. The van der Waals surface area contributed by atoms with Crippen molar-refractivity contribution in [1.29, 1.82) is 0 Å². The van der Waals surface area contributed by atoms with Gasteiger partial charge in [-0.25, -0.2) is 13.4 Å². The van der Waals surface area contributed by atoms with Gasteiger partial charge in [-0.05, 0) is 57.0 Å². The highest BCUT2D eigenvalue weighted by molar-refractivity contribution is 7.92. The predicted molar refractivity (Wildman–Crippen MR) is 124 cm³/mol. The molecule has 0 aliphatic heterocycles. The van der Waals surface area contributed by atoms with E-state index in [1.807, 2.05) is 31.2 Å². The van der Waals surface area contributed by atoms with Crippen molar-refractivity contribution in [1.82, 2.24) is 9.38 Å². The first-order chi connectivity index (χ1) is 14.7. The van der Waals surface area contributed by atoms with E-state index < -0.39 is 10.0 Å². The van der Waals surface area contributed by atoms with Gasteiger partial charge in [0.15, 0.2) is 10.7 Å². The molecule has 0 aliphatic carbocycles. The Morgan fingerprint density at radius 1 is 1.10 bits per heavy atom. The number of carbonyl (C=O) groups is 1. The van der Waals surface area contributed by atoms with Crippen molar-refractivity contribution in [2.45, 2.75) is 38.5 Å². The number of ketones is 1. The van der Waals surface area contributed by atoms with Crippen molar-refractivity contribution in [2.75, 3.05) is 4.72 Å². The van der Waals surface area contributed by atoms with Crippen molar-refractivity contribution in [2.24, 2.45) is 0 Å². The number of carbonyl (C=O) groups excluding carboxylic acids is 1. The first-order valence-electron chi connectivity index (χ1n) is 9.90. The lowest BCUT2D eigenvalue weighted by Crippen LogP contribution is -2.13. The fourth-order valence-corrected chi connectivity index (χ4v) is 5.40. The lowest BCUT2D eigenvalue weighted by molar-refractivity contribution is 0.0977. The monoisotopic (exact) mass is 453 g/mol. The molecule has 0 spiro atoms. The molecule has 0 fully saturated rings. The van der Waals surface area contributed by atoms with Crippen molar-refractivity contribution in [3.05, 3.63) is 82.1 Å². The Morgan fingerprint density at radius 2 is 1.84 bits per heavy atom. The summed E-state index contributed by atoms with van der Waals surface area (Å²) >= 11 is 1.57. The molecule has 0 saturated carbocycles. The van der Waals surface area contributed by atoms with E-state index >= 15 is 0 Å². The molecule has 0 radical (unpaired) electrons. The second-order valence-electron chi connectivity index (χ2n) is 7.55. The highest BCUT2D eigenvalue weighted by Gasteiger charge is 2.17. The highest BCUT2D eigenvalue weighted by Crippen LogP contribution is 2.24. The minimum absolute atomic E-state index is 0.0130. The summed E-state index contributed by atoms with van der Waals surface area (Å²) in [5, 5.41) is 0. The Balaban J connectivity index is 1.47. The topological polar surface area (TPSA) is 80.5 Å². The second-order valence-corrected chi connectivity index (χ2v) is 10.4. The number of anilines is 1. The van der Waals surface area contributed by atoms with E-state index in [2.05, 4.69) is 9.71 Å². The molecule has 1 N–H and O–H groups in total. The summed E-state index contributed by atoms with van der Waals surface area (Å²) in [6.45, 7) is 5.91. The summed E-state index contributed by atoms with van der Waals surface area (Å²) in [5.74, 6) is 0.0130. The first kappa shape index (κ1) is 21.3. The summed E-state index contributed by atoms with van der Waals surface area (Å²) in [5.41, 5.74) is 3.98. The minimum atomic E-state index is -3.67. The Bertz CT molecular complexity index is 1370. The summed E-state index contributed by atoms with van der Waals surface area (Å²) in [6, 6.07) is 13.8. The first-order valence-corrected chi connectivity index (χ1v) is 12.2. The third-order valence-corrected chi connectivity index (χ3v) is 7.73. The number of hydrogen-bond acceptors (Lipinski definition) is 5. The van der Waals surface area contributed by atoms with Crippen molar-refractivity contribution in [3.63, 3.8) is 0 Å². The van der Waals surface area contributed by atoms with Crippen molar-refractivity contribution in [3.8, 4) is 0 Å². The Morgan fingerprint density at radius 3 is 2.58 bits per heavy atom. The second kappa shape index (κ2) is 8.28. The molecular weight excluding hydrogens is 430 g/mol. The molecule has 2 aromatic carbocycles. The molecule has 8 heteroatoms. The van der Waals surface area contributed by atoms with E-state index in [9.17, 15) is 13.2 Å². The number of fused-ring (bicyclic) bond motifs is 1. The molecule has 160 valence electrons. The van der Waals surface area contributed by atoms with Gasteiger partial charge in [-0.3, -0.25) is 13.9 Å². The Hall–Kier alpha value is -2.97. The molecule has 0 bridgehead atoms. The van der Waals surface area contributed by atoms with Crippen LogP contribution in [0.25, 0.3) is 4.96 Å². The van der Waals surface area contributed by atoms with Gasteiger partial charge in [0.2, 0.25) is 0 Å². The zero-order chi connectivity index (χ0) is 22.2. The zero-order valence-electron chi connectivity index (χ0n) is 17.5. The molecule has 0 atom stereocenters. The number of aryl methyl sites for hydroxylation is 4. The van der Waals surface area contributed by atoms with Gasteiger partial charge >= 0.3 is 0 Å². The smallest absolute Gasteiger partial charge is 0.261 e. The van der Waals surface area contributed by atoms with E-state index in [1.54, 1.807) is 60.0 Å². The van der Waals surface area contributed by atoms with Gasteiger partial charge in [0.25, 0.3) is 10.0 Å². The van der Waals surface area contributed by atoms with Gasteiger partial charge < -0.3 is 0 Å². The van der Waals surface area contributed by atoms with E-state index in [-0.39, 0.29) is 10.7 Å². The number of imidazole rings is 1. The van der Waals surface area contributed by atoms with Crippen LogP contribution in [0.3, 0.4) is 0 Å². The third kappa shape index (κ3) is 4.40. The van der Waals surface area contributed by atoms with Crippen LogP contribution in [-0.4, -0.2) is 23.6 Å². The van der Waals surface area contributed by atoms with Crippen LogP contribution in [0.1, 0.15) is 38.6 Å². The molecule has 31 heavy (non-hydrogen) atoms. The molecule has 4 aromatic rings. The third-order valence-electron chi connectivity index (χ3n) is 5.26. The standard InChI is InChI=1S/C23H23N3O3S2/c1-15-7-10-20(11-8-15)31(28,29)25-19-6-4-5-18(13-19)9-12-22(27)21-14-24-23-26(21)16(2)17(3)30-23/h4-8,10-11,13-14,25H,9,12H2,1-3H3. The fourth-order valence-electron chi connectivity index (χ4n) is 3.40. The maximum Gasteiger partial charge on any atom is 0.261 e. The van der Waals surface area contributed by atoms with Crippen LogP contribution in [0.2, 0.25) is 0 Å². The van der Waals surface area contributed by atoms with Crippen LogP contribution in [-0.2, 0) is 16.4 Å². The summed E-state index contributed by atoms with van der Waals surface area (Å²) in [7, 11) is -3.67. The summed E-state index contributed by atoms with van der Waals surface area (Å²) in [6.07, 6.45) is 2.46. The van der Waals surface area contributed by atoms with Crippen LogP contribution in [0.15, 0.2) is 59.6 Å². The molecule has 4 rings (SSSR count). The maximum absolute atomic E-state index is 12.8. The number of nitrogens with zero attached hydrogens (tertiary/aromatic N) is 2. The van der Waals surface area contributed by atoms with Crippen LogP contribution < -0.4 is 4.72 Å². The molecule has 2 heterocycles. The molecule has 0 saturated heterocycles. The van der Waals surface area contributed by atoms with E-state index in [1.165, 1.54) is 0 Å². The van der Waals surface area contributed by atoms with Gasteiger partial charge in [0.1, 0.15) is 5.69 Å². The van der Waals surface area contributed by atoms with Crippen LogP contribution in [0.5, 0.6) is 0 Å². The van der Waals surface area contributed by atoms with Crippen molar-refractivity contribution >= 4 is 37.8 Å². The highest BCUT2D eigenvalue weighted by atomic mass is 32.2. The Labute approximate surface area is 185 Å². The molecule has 2 aromatic heterocycles. The fraction of sp³-hybridized carbons (Fsp3) is 0.217. The van der Waals surface area contributed by atoms with E-state index in [4.69, 9.17) is 0 Å². The van der Waals surface area contributed by atoms with E-state index in [0.717, 1.165) is 26.7 Å². The van der Waals surface area contributed by atoms with Crippen LogP contribution in [0.4, 0.5) is 5.69 Å². The zero-order valence-corrected chi connectivity index (χ0v) is 19.2. The molecule has 0 unspecified atom stereocenters. The number of benzene rings is 2. The summed E-state index contributed by atoms with van der Waals surface area (Å²) < 4.78 is 29.8. The number of hydrogen-bond donors (Lipinski definition) is 1. The van der Waals surface area contributed by atoms with Gasteiger partial charge in [-0.2, -0.15) is 0 Å². The molecule has 0 aliphatic rings. The number of aromatic nitrogens is 2. The SMILES string of the molecule is Cc1ccc(S(=O)(=O)Nc2cccc(CCC(=O)c3cnc4sc(C)c(C)n34)c2)cc1. The van der Waals surface area contributed by atoms with E-state index in [0.29, 0.717) is 24.2 Å². The number of sulfonamides is 1. The number of nitrogens with one attached hydrogen (secondary N) is 1. The predicted octanol–water partition coefficient (Wildman–Crippen LogP) is 4.94. The largest absolute Gasteiger partial charge is 0.292 e. The van der Waals surface area contributed by atoms with Crippen LogP contribution >= 0.6 is 11.3 Å². The number of Topliss-reactive ketones (excluding diaryl/α,β-unsaturated/α-hetero) is 1. The Kier molecular flexibility index (Phi) is 5.68.